The molecule has 1 aromatic carbocycles. The number of alkyl halides is 1. The Bertz CT molecular complexity index is 1120. The fourth-order valence-corrected chi connectivity index (χ4v) is 4.40. The first-order valence-electron chi connectivity index (χ1n) is 15.2. The van der Waals surface area contributed by atoms with Crippen LogP contribution in [0.4, 0.5) is 4.39 Å². The minimum atomic E-state index is -1.45. The van der Waals surface area contributed by atoms with Crippen molar-refractivity contribution in [2.45, 2.75) is 89.6 Å². The van der Waals surface area contributed by atoms with Gasteiger partial charge in [0.1, 0.15) is 24.9 Å². The number of hydrogen-bond acceptors (Lipinski definition) is 7. The van der Waals surface area contributed by atoms with Crippen molar-refractivity contribution in [3.8, 4) is 12.3 Å². The van der Waals surface area contributed by atoms with Crippen LogP contribution in [-0.4, -0.2) is 89.9 Å². The van der Waals surface area contributed by atoms with Gasteiger partial charge >= 0.3 is 0 Å². The van der Waals surface area contributed by atoms with Crippen LogP contribution in [0.25, 0.3) is 0 Å². The molecule has 6 atom stereocenters. The third kappa shape index (κ3) is 14.0. The summed E-state index contributed by atoms with van der Waals surface area (Å²) in [6.07, 6.45) is 7.94. The third-order valence-electron chi connectivity index (χ3n) is 7.38. The van der Waals surface area contributed by atoms with Gasteiger partial charge in [-0.25, -0.2) is 4.39 Å². The van der Waals surface area contributed by atoms with Crippen LogP contribution in [0.3, 0.4) is 0 Å². The van der Waals surface area contributed by atoms with Gasteiger partial charge in [0, 0.05) is 20.1 Å². The van der Waals surface area contributed by atoms with Gasteiger partial charge < -0.3 is 35.8 Å². The number of carbonyl (C=O) groups excluding carboxylic acids is 3. The molecular formula is C34H51FN4O6. The molecule has 5 N–H and O–H groups in total. The van der Waals surface area contributed by atoms with Gasteiger partial charge in [-0.3, -0.25) is 14.4 Å². The van der Waals surface area contributed by atoms with Crippen molar-refractivity contribution in [3.63, 3.8) is 0 Å². The van der Waals surface area contributed by atoms with Crippen LogP contribution in [-0.2, 0) is 25.8 Å². The molecule has 0 heterocycles. The zero-order valence-corrected chi connectivity index (χ0v) is 27.0. The summed E-state index contributed by atoms with van der Waals surface area (Å²) in [5.41, 5.74) is 0.712. The molecule has 2 rings (SSSR count). The standard InChI is InChI=1S/C31H47FN4O6.C3H4/c1-6-8-25(37)15-16-33-30(40)27(28(38)24-11-9-22(18-32)10-12-24)35-29(39)21(4)36(5)31(41)26(23-13-14-23)34-19-20(3)42-17-7-2;1-3-2/h6-7,9-12,20-21,23,25-28,34,37-38H,1-2,8,13-19H2,3-5H3,(H,33,40)(H,35,39);1H,2H3/t20-,21-,25?,26?,27-,28?;/m1./s1. The SMILES string of the molecule is C#CC.C=CCO[C@H](C)CNC(C(=O)N(C)[C@H](C)C(=O)N[C@@H](C(=O)NCCC(O)CC=C)C(O)c1ccc(CF)cc1)C1CC1. The molecule has 1 aliphatic carbocycles. The maximum Gasteiger partial charge on any atom is 0.245 e. The molecule has 0 aromatic heterocycles. The van der Waals surface area contributed by atoms with Crippen molar-refractivity contribution >= 4 is 17.7 Å². The highest BCUT2D eigenvalue weighted by molar-refractivity contribution is 5.93. The predicted molar refractivity (Wildman–Crippen MR) is 173 cm³/mol. The summed E-state index contributed by atoms with van der Waals surface area (Å²) in [6.45, 7) is 12.6. The monoisotopic (exact) mass is 630 g/mol. The van der Waals surface area contributed by atoms with E-state index < -0.39 is 48.8 Å². The number of carbonyl (C=O) groups is 3. The molecule has 11 heteroatoms. The molecule has 10 nitrogen and oxygen atoms in total. The summed E-state index contributed by atoms with van der Waals surface area (Å²) in [6, 6.07) is 3.11. The predicted octanol–water partition coefficient (Wildman–Crippen LogP) is 2.56. The highest BCUT2D eigenvalue weighted by Crippen LogP contribution is 2.33. The smallest absolute Gasteiger partial charge is 0.245 e. The Morgan fingerprint density at radius 2 is 1.78 bits per heavy atom. The first-order chi connectivity index (χ1) is 21.4. The van der Waals surface area contributed by atoms with E-state index in [1.54, 1.807) is 26.0 Å². The van der Waals surface area contributed by atoms with Crippen molar-refractivity contribution in [1.29, 1.82) is 0 Å². The maximum absolute atomic E-state index is 13.4. The van der Waals surface area contributed by atoms with Gasteiger partial charge in [0.2, 0.25) is 17.7 Å². The van der Waals surface area contributed by atoms with E-state index in [1.807, 2.05) is 6.92 Å². The number of amides is 3. The Morgan fingerprint density at radius 1 is 1.16 bits per heavy atom. The van der Waals surface area contributed by atoms with Gasteiger partial charge in [0.15, 0.2) is 0 Å². The van der Waals surface area contributed by atoms with Gasteiger partial charge in [-0.2, -0.15) is 0 Å². The number of nitrogens with one attached hydrogen (secondary N) is 3. The molecule has 1 fully saturated rings. The number of halogens is 1. The number of aliphatic hydroxyl groups excluding tert-OH is 2. The van der Waals surface area contributed by atoms with Crippen LogP contribution in [0.15, 0.2) is 49.6 Å². The third-order valence-corrected chi connectivity index (χ3v) is 7.38. The van der Waals surface area contributed by atoms with Crippen LogP contribution in [0, 0.1) is 18.3 Å². The summed E-state index contributed by atoms with van der Waals surface area (Å²) in [5.74, 6) is 0.860. The van der Waals surface area contributed by atoms with Gasteiger partial charge in [-0.1, -0.05) is 36.4 Å². The van der Waals surface area contributed by atoms with E-state index in [9.17, 15) is 29.0 Å². The lowest BCUT2D eigenvalue weighted by Gasteiger charge is -2.31. The Kier molecular flexibility index (Phi) is 18.6. The van der Waals surface area contributed by atoms with Gasteiger partial charge in [0.05, 0.1) is 24.9 Å². The van der Waals surface area contributed by atoms with E-state index in [2.05, 4.69) is 41.5 Å². The quantitative estimate of drug-likeness (QED) is 0.110. The summed E-state index contributed by atoms with van der Waals surface area (Å²) >= 11 is 0. The number of likely N-dealkylation sites (N-methyl/N-ethyl adjacent to an activating group) is 1. The van der Waals surface area contributed by atoms with Crippen LogP contribution < -0.4 is 16.0 Å². The van der Waals surface area contributed by atoms with Crippen molar-refractivity contribution in [3.05, 3.63) is 60.7 Å². The Balaban J connectivity index is 0.00000324. The summed E-state index contributed by atoms with van der Waals surface area (Å²) in [5, 5.41) is 29.6. The molecule has 250 valence electrons. The van der Waals surface area contributed by atoms with Crippen LogP contribution >= 0.6 is 0 Å². The largest absolute Gasteiger partial charge is 0.393 e. The van der Waals surface area contributed by atoms with E-state index >= 15 is 0 Å². The van der Waals surface area contributed by atoms with Crippen LogP contribution in [0.5, 0.6) is 0 Å². The molecule has 3 unspecified atom stereocenters. The lowest BCUT2D eigenvalue weighted by Crippen LogP contribution is -2.57. The second-order valence-electron chi connectivity index (χ2n) is 11.1. The normalized spacial score (nSPS) is 16.2. The van der Waals surface area contributed by atoms with Crippen LogP contribution in [0.2, 0.25) is 0 Å². The molecule has 1 aliphatic rings. The second-order valence-corrected chi connectivity index (χ2v) is 11.1. The number of rotatable bonds is 20. The maximum atomic E-state index is 13.4. The number of aliphatic hydroxyl groups is 2. The highest BCUT2D eigenvalue weighted by atomic mass is 19.1. The second kappa shape index (κ2) is 21.2. The Labute approximate surface area is 267 Å². The molecule has 1 saturated carbocycles. The molecule has 0 saturated heterocycles. The zero-order valence-electron chi connectivity index (χ0n) is 27.0. The molecule has 3 amide bonds. The summed E-state index contributed by atoms with van der Waals surface area (Å²) in [4.78, 5) is 41.3. The molecule has 1 aromatic rings. The first kappa shape index (κ1) is 39.5. The number of nitrogens with zero attached hydrogens (tertiary/aromatic N) is 1. The fraction of sp³-hybridized carbons (Fsp3) is 0.559. The first-order valence-corrected chi connectivity index (χ1v) is 15.2. The minimum Gasteiger partial charge on any atom is -0.393 e. The van der Waals surface area contributed by atoms with Crippen molar-refractivity contribution in [1.82, 2.24) is 20.9 Å². The Morgan fingerprint density at radius 3 is 2.31 bits per heavy atom. The average molecular weight is 631 g/mol. The van der Waals surface area contributed by atoms with E-state index in [1.165, 1.54) is 36.2 Å². The van der Waals surface area contributed by atoms with E-state index in [4.69, 9.17) is 4.74 Å². The molecular weight excluding hydrogens is 579 g/mol. The average Bonchev–Trinajstić information content (AvgIpc) is 3.87. The number of terminal acetylenes is 1. The van der Waals surface area contributed by atoms with Gasteiger partial charge in [0.25, 0.3) is 0 Å². The van der Waals surface area contributed by atoms with Gasteiger partial charge in [-0.05, 0) is 63.5 Å². The molecule has 0 spiro atoms. The van der Waals surface area contributed by atoms with Crippen LogP contribution in [0.1, 0.15) is 63.7 Å². The van der Waals surface area contributed by atoms with E-state index in [-0.39, 0.29) is 30.9 Å². The molecule has 45 heavy (non-hydrogen) atoms. The lowest BCUT2D eigenvalue weighted by molar-refractivity contribution is -0.142. The van der Waals surface area contributed by atoms with Crippen molar-refractivity contribution in [2.24, 2.45) is 5.92 Å². The Hall–Kier alpha value is -3.56. The number of hydrogen-bond donors (Lipinski definition) is 5. The molecule has 0 radical (unpaired) electrons. The van der Waals surface area contributed by atoms with Gasteiger partial charge in [-0.15, -0.1) is 25.5 Å². The van der Waals surface area contributed by atoms with E-state index in [0.29, 0.717) is 30.7 Å². The summed E-state index contributed by atoms with van der Waals surface area (Å²) in [7, 11) is 1.53. The lowest BCUT2D eigenvalue weighted by atomic mass is 9.99. The molecule has 0 bridgehead atoms. The number of benzene rings is 1. The zero-order chi connectivity index (χ0) is 33.9. The van der Waals surface area contributed by atoms with E-state index in [0.717, 1.165) is 12.8 Å². The minimum absolute atomic E-state index is 0.103. The molecule has 0 aliphatic heterocycles. The topological polar surface area (TPSA) is 140 Å². The van der Waals surface area contributed by atoms with Crippen molar-refractivity contribution in [2.75, 3.05) is 26.7 Å². The number of ether oxygens (including phenoxy) is 1. The van der Waals surface area contributed by atoms with Crippen molar-refractivity contribution < 1.29 is 33.7 Å². The summed E-state index contributed by atoms with van der Waals surface area (Å²) < 4.78 is 18.6. The highest BCUT2D eigenvalue weighted by Gasteiger charge is 2.40. The fourth-order valence-electron chi connectivity index (χ4n) is 4.40.